The highest BCUT2D eigenvalue weighted by Gasteiger charge is 2.25. The van der Waals surface area contributed by atoms with Crippen LogP contribution in [0.5, 0.6) is 11.5 Å². The molecule has 6 heterocycles. The van der Waals surface area contributed by atoms with Crippen LogP contribution >= 0.6 is 0 Å². The van der Waals surface area contributed by atoms with Crippen LogP contribution in [0.1, 0.15) is 68.9 Å². The van der Waals surface area contributed by atoms with Gasteiger partial charge in [0.1, 0.15) is 45.1 Å². The Kier molecular flexibility index (Phi) is 11.4. The molecule has 306 valence electrons. The lowest BCUT2D eigenvalue weighted by Gasteiger charge is -2.13. The molecule has 0 aliphatic rings. The van der Waals surface area contributed by atoms with Crippen molar-refractivity contribution in [2.75, 3.05) is 32.6 Å². The normalized spacial score (nSPS) is 11.7. The molecule has 7 rings (SSSR count). The second-order valence-corrected chi connectivity index (χ2v) is 13.6. The molecule has 0 fully saturated rings. The first-order valence-electron chi connectivity index (χ1n) is 19.1. The maximum absolute atomic E-state index is 13.7. The molecule has 0 aliphatic carbocycles. The maximum Gasteiger partial charge on any atom is 0.295 e. The number of rotatable bonds is 17. The fourth-order valence-corrected chi connectivity index (χ4v) is 6.96. The van der Waals surface area contributed by atoms with Crippen molar-refractivity contribution in [3.8, 4) is 23.0 Å². The average molecular weight is 804 g/mol. The summed E-state index contributed by atoms with van der Waals surface area (Å²) in [6.45, 7) is 9.56. The Morgan fingerprint density at radius 3 is 2.41 bits per heavy atom. The Balaban J connectivity index is 1.33. The molecular formula is C40H45N13O6. The third-order valence-electron chi connectivity index (χ3n) is 9.64. The SMILES string of the molecule is CCc1nc(C)oc1C(=O)Nc1nc2cc(C(N)=O)cc(OCCCNC)c2n1C/C=C/Cn1c2nc(-c3cc(C)nn3CC)ncc2c2nc(C(N)=O)cc(OC)c21. The largest absolute Gasteiger partial charge is 0.494 e. The third-order valence-corrected chi connectivity index (χ3v) is 9.64. The van der Waals surface area contributed by atoms with Crippen LogP contribution < -0.4 is 31.6 Å². The number of nitrogens with one attached hydrogen (secondary N) is 2. The van der Waals surface area contributed by atoms with Crippen molar-refractivity contribution in [3.63, 3.8) is 0 Å². The van der Waals surface area contributed by atoms with Crippen molar-refractivity contribution in [3.05, 3.63) is 76.9 Å². The number of pyridine rings is 1. The number of aromatic nitrogens is 9. The molecule has 0 radical (unpaired) electrons. The van der Waals surface area contributed by atoms with Crippen molar-refractivity contribution in [2.24, 2.45) is 11.5 Å². The van der Waals surface area contributed by atoms with Crippen molar-refractivity contribution in [2.45, 2.75) is 60.2 Å². The van der Waals surface area contributed by atoms with Gasteiger partial charge in [0, 0.05) is 44.4 Å². The second-order valence-electron chi connectivity index (χ2n) is 13.6. The van der Waals surface area contributed by atoms with Gasteiger partial charge in [-0.25, -0.2) is 24.9 Å². The van der Waals surface area contributed by atoms with Crippen molar-refractivity contribution < 1.29 is 28.3 Å². The lowest BCUT2D eigenvalue weighted by molar-refractivity contribution is 0.0986. The van der Waals surface area contributed by atoms with E-state index in [0.717, 1.165) is 11.4 Å². The van der Waals surface area contributed by atoms with Gasteiger partial charge >= 0.3 is 0 Å². The van der Waals surface area contributed by atoms with Gasteiger partial charge in [0.05, 0.1) is 36.0 Å². The fourth-order valence-electron chi connectivity index (χ4n) is 6.96. The van der Waals surface area contributed by atoms with Crippen molar-refractivity contribution in [1.82, 2.24) is 49.2 Å². The van der Waals surface area contributed by atoms with Crippen LogP contribution in [-0.4, -0.2) is 88.9 Å². The zero-order chi connectivity index (χ0) is 42.0. The van der Waals surface area contributed by atoms with Crippen molar-refractivity contribution >= 4 is 56.8 Å². The number of hydrogen-bond acceptors (Lipinski definition) is 13. The lowest BCUT2D eigenvalue weighted by Crippen LogP contribution is -2.17. The first kappa shape index (κ1) is 40.1. The summed E-state index contributed by atoms with van der Waals surface area (Å²) in [5.41, 5.74) is 16.2. The minimum absolute atomic E-state index is 0.0317. The molecule has 1 aromatic carbocycles. The second kappa shape index (κ2) is 16.8. The third kappa shape index (κ3) is 7.78. The Bertz CT molecular complexity index is 2780. The minimum atomic E-state index is -0.709. The Labute approximate surface area is 337 Å². The van der Waals surface area contributed by atoms with Crippen LogP contribution in [0, 0.1) is 13.8 Å². The highest BCUT2D eigenvalue weighted by Crippen LogP contribution is 2.35. The zero-order valence-electron chi connectivity index (χ0n) is 33.6. The van der Waals surface area contributed by atoms with E-state index in [-0.39, 0.29) is 36.1 Å². The number of carbonyl (C=O) groups excluding carboxylic acids is 3. The topological polar surface area (TPSA) is 251 Å². The van der Waals surface area contributed by atoms with Crippen LogP contribution in [0.25, 0.3) is 44.6 Å². The predicted molar refractivity (Wildman–Crippen MR) is 220 cm³/mol. The molecule has 0 atom stereocenters. The van der Waals surface area contributed by atoms with Crippen molar-refractivity contribution in [1.29, 1.82) is 0 Å². The number of oxazole rings is 1. The number of fused-ring (bicyclic) bond motifs is 4. The van der Waals surface area contributed by atoms with E-state index >= 15 is 0 Å². The van der Waals surface area contributed by atoms with E-state index < -0.39 is 17.7 Å². The Morgan fingerprint density at radius 1 is 0.932 bits per heavy atom. The average Bonchev–Trinajstić information content (AvgIpc) is 3.98. The highest BCUT2D eigenvalue weighted by atomic mass is 16.5. The summed E-state index contributed by atoms with van der Waals surface area (Å²) in [5.74, 6) is -0.0945. The molecular weight excluding hydrogens is 759 g/mol. The van der Waals surface area contributed by atoms with E-state index in [1.54, 1.807) is 29.8 Å². The molecule has 59 heavy (non-hydrogen) atoms. The van der Waals surface area contributed by atoms with Crippen LogP contribution in [0.2, 0.25) is 0 Å². The number of nitrogens with zero attached hydrogens (tertiary/aromatic N) is 9. The number of hydrogen-bond donors (Lipinski definition) is 4. The number of aryl methyl sites for hydroxylation is 4. The molecule has 0 unspecified atom stereocenters. The summed E-state index contributed by atoms with van der Waals surface area (Å²) in [7, 11) is 3.35. The standard InChI is InChI=1S/C40H45N13O6/c1-7-25-34(59-22(4)45-25)39(56)49-40-47-26-17-23(35(41)54)18-30(58-15-11-12-43-5)32(26)52(40)14-10-9-13-51-33-29(57-6)19-27(36(42)55)46-31(33)24-20-44-37(48-38(24)51)28-16-21(3)50-53(28)8-2/h9-10,16-20,43H,7-8,11-15H2,1-6H3,(H2,41,54)(H2,42,55)(H,47,49,56)/b10-9+. The van der Waals surface area contributed by atoms with Gasteiger partial charge in [-0.15, -0.1) is 0 Å². The van der Waals surface area contributed by atoms with E-state index in [2.05, 4.69) is 30.7 Å². The van der Waals surface area contributed by atoms with Gasteiger partial charge in [0.25, 0.3) is 11.8 Å². The number of nitrogens with two attached hydrogens (primary N) is 2. The smallest absolute Gasteiger partial charge is 0.295 e. The van der Waals surface area contributed by atoms with E-state index in [4.69, 9.17) is 35.3 Å². The number of benzene rings is 1. The van der Waals surface area contributed by atoms with Gasteiger partial charge in [-0.3, -0.25) is 24.4 Å². The molecule has 7 aromatic rings. The van der Waals surface area contributed by atoms with Gasteiger partial charge in [-0.1, -0.05) is 19.1 Å². The van der Waals surface area contributed by atoms with E-state index in [1.807, 2.05) is 55.3 Å². The Hall–Kier alpha value is -7.15. The number of carbonyl (C=O) groups is 3. The number of ether oxygens (including phenoxy) is 2. The number of anilines is 1. The summed E-state index contributed by atoms with van der Waals surface area (Å²) >= 11 is 0. The van der Waals surface area contributed by atoms with E-state index in [0.29, 0.717) is 94.5 Å². The summed E-state index contributed by atoms with van der Waals surface area (Å²) in [5, 5.41) is 11.1. The summed E-state index contributed by atoms with van der Waals surface area (Å²) in [4.78, 5) is 61.8. The first-order chi connectivity index (χ1) is 28.5. The number of allylic oxidation sites excluding steroid dienone is 2. The van der Waals surface area contributed by atoms with Crippen LogP contribution in [0.4, 0.5) is 5.95 Å². The molecule has 0 bridgehead atoms. The molecule has 19 heteroatoms. The molecule has 0 saturated heterocycles. The number of amides is 3. The maximum atomic E-state index is 13.7. The number of imidazole rings is 1. The molecule has 19 nitrogen and oxygen atoms in total. The van der Waals surface area contributed by atoms with Gasteiger partial charge in [-0.05, 0) is 58.5 Å². The van der Waals surface area contributed by atoms with E-state index in [1.165, 1.54) is 13.2 Å². The van der Waals surface area contributed by atoms with Gasteiger partial charge in [-0.2, -0.15) is 5.10 Å². The van der Waals surface area contributed by atoms with Gasteiger partial charge in [0.15, 0.2) is 11.7 Å². The van der Waals surface area contributed by atoms with Gasteiger partial charge in [0.2, 0.25) is 17.6 Å². The van der Waals surface area contributed by atoms with Crippen LogP contribution in [0.3, 0.4) is 0 Å². The number of methoxy groups -OCH3 is 1. The predicted octanol–water partition coefficient (Wildman–Crippen LogP) is 4.08. The zero-order valence-corrected chi connectivity index (χ0v) is 33.6. The quantitative estimate of drug-likeness (QED) is 0.0749. The fraction of sp³-hybridized carbons (Fsp3) is 0.325. The van der Waals surface area contributed by atoms with E-state index in [9.17, 15) is 14.4 Å². The minimum Gasteiger partial charge on any atom is -0.494 e. The molecule has 0 aliphatic heterocycles. The number of primary amides is 2. The highest BCUT2D eigenvalue weighted by molar-refractivity contribution is 6.08. The molecule has 6 aromatic heterocycles. The Morgan fingerprint density at radius 2 is 1.71 bits per heavy atom. The lowest BCUT2D eigenvalue weighted by atomic mass is 10.1. The summed E-state index contributed by atoms with van der Waals surface area (Å²) in [6, 6.07) is 6.56. The first-order valence-corrected chi connectivity index (χ1v) is 19.1. The van der Waals surface area contributed by atoms with Crippen LogP contribution in [0.15, 0.2) is 47.0 Å². The molecule has 3 amide bonds. The molecule has 0 spiro atoms. The summed E-state index contributed by atoms with van der Waals surface area (Å²) < 4.78 is 23.2. The monoisotopic (exact) mass is 803 g/mol. The molecule has 6 N–H and O–H groups in total. The summed E-state index contributed by atoms with van der Waals surface area (Å²) in [6.07, 6.45) is 6.65. The molecule has 0 saturated carbocycles. The van der Waals surface area contributed by atoms with Crippen LogP contribution in [-0.2, 0) is 26.1 Å². The van der Waals surface area contributed by atoms with Gasteiger partial charge < -0.3 is 39.8 Å².